The average Bonchev–Trinajstić information content (AvgIpc) is 3.02. The van der Waals surface area contributed by atoms with Gasteiger partial charge in [-0.3, -0.25) is 4.79 Å². The summed E-state index contributed by atoms with van der Waals surface area (Å²) >= 11 is 6.37. The molecule has 2 heterocycles. The fourth-order valence-corrected chi connectivity index (χ4v) is 4.89. The van der Waals surface area contributed by atoms with Crippen molar-refractivity contribution in [3.05, 3.63) is 48.9 Å². The number of thiophene rings is 1. The Labute approximate surface area is 145 Å². The summed E-state index contributed by atoms with van der Waals surface area (Å²) in [6.45, 7) is 7.07. The van der Waals surface area contributed by atoms with Gasteiger partial charge in [0.05, 0.1) is 18.9 Å². The summed E-state index contributed by atoms with van der Waals surface area (Å²) in [5.74, 6) is -0.182. The quantitative estimate of drug-likeness (QED) is 0.608. The number of amides is 1. The second kappa shape index (κ2) is 6.10. The molecule has 0 spiro atoms. The lowest BCUT2D eigenvalue weighted by Gasteiger charge is -2.03. The SMILES string of the molecule is CCn1c(=NC(=O)c2ccc(Br)s2)sc2c(C)cc(C)cc21. The first kappa shape index (κ1) is 15.6. The Bertz CT molecular complexity index is 933. The summed E-state index contributed by atoms with van der Waals surface area (Å²) < 4.78 is 4.25. The minimum atomic E-state index is -0.182. The number of hydrogen-bond acceptors (Lipinski definition) is 3. The van der Waals surface area contributed by atoms with E-state index in [1.54, 1.807) is 17.4 Å². The Kier molecular flexibility index (Phi) is 4.34. The molecule has 0 radical (unpaired) electrons. The van der Waals surface area contributed by atoms with Gasteiger partial charge in [0.15, 0.2) is 4.80 Å². The van der Waals surface area contributed by atoms with Gasteiger partial charge in [0.2, 0.25) is 0 Å². The maximum Gasteiger partial charge on any atom is 0.289 e. The largest absolute Gasteiger partial charge is 0.317 e. The molecule has 0 fully saturated rings. The van der Waals surface area contributed by atoms with Gasteiger partial charge in [0, 0.05) is 6.54 Å². The van der Waals surface area contributed by atoms with E-state index in [2.05, 4.69) is 58.4 Å². The molecule has 0 N–H and O–H groups in total. The number of rotatable bonds is 2. The summed E-state index contributed by atoms with van der Waals surface area (Å²) in [4.78, 5) is 18.1. The van der Waals surface area contributed by atoms with Gasteiger partial charge in [-0.1, -0.05) is 17.4 Å². The van der Waals surface area contributed by atoms with Gasteiger partial charge in [0.1, 0.15) is 0 Å². The van der Waals surface area contributed by atoms with Crippen LogP contribution in [0, 0.1) is 13.8 Å². The molecular weight excluding hydrogens is 380 g/mol. The fourth-order valence-electron chi connectivity index (χ4n) is 2.47. The number of aromatic nitrogens is 1. The first-order valence-electron chi connectivity index (χ1n) is 6.94. The van der Waals surface area contributed by atoms with E-state index in [4.69, 9.17) is 0 Å². The summed E-state index contributed by atoms with van der Waals surface area (Å²) in [6, 6.07) is 8.01. The van der Waals surface area contributed by atoms with Gasteiger partial charge in [-0.15, -0.1) is 11.3 Å². The van der Waals surface area contributed by atoms with Gasteiger partial charge >= 0.3 is 0 Å². The van der Waals surface area contributed by atoms with E-state index >= 15 is 0 Å². The van der Waals surface area contributed by atoms with Gasteiger partial charge in [0.25, 0.3) is 5.91 Å². The standard InChI is InChI=1S/C16H15BrN2OS2/c1-4-19-11-8-9(2)7-10(3)14(11)22-16(19)18-15(20)12-5-6-13(17)21-12/h5-8H,4H2,1-3H3. The van der Waals surface area contributed by atoms with Gasteiger partial charge < -0.3 is 4.57 Å². The molecule has 114 valence electrons. The maximum atomic E-state index is 12.3. The molecule has 0 bridgehead atoms. The van der Waals surface area contributed by atoms with Crippen molar-refractivity contribution >= 4 is 54.7 Å². The van der Waals surface area contributed by atoms with E-state index in [0.717, 1.165) is 20.6 Å². The molecule has 0 aliphatic carbocycles. The highest BCUT2D eigenvalue weighted by molar-refractivity contribution is 9.11. The van der Waals surface area contributed by atoms with Crippen molar-refractivity contribution in [2.24, 2.45) is 4.99 Å². The van der Waals surface area contributed by atoms with Crippen molar-refractivity contribution in [3.8, 4) is 0 Å². The minimum absolute atomic E-state index is 0.182. The first-order valence-corrected chi connectivity index (χ1v) is 9.37. The van der Waals surface area contributed by atoms with Crippen LogP contribution in [0.2, 0.25) is 0 Å². The number of hydrogen-bond donors (Lipinski definition) is 0. The molecule has 1 aromatic carbocycles. The molecule has 22 heavy (non-hydrogen) atoms. The molecule has 3 rings (SSSR count). The van der Waals surface area contributed by atoms with Crippen LogP contribution in [0.3, 0.4) is 0 Å². The molecule has 0 aliphatic rings. The topological polar surface area (TPSA) is 34.4 Å². The number of benzene rings is 1. The molecule has 3 nitrogen and oxygen atoms in total. The van der Waals surface area contributed by atoms with Crippen LogP contribution in [-0.2, 0) is 6.54 Å². The third-order valence-corrected chi connectivity index (χ3v) is 6.25. The van der Waals surface area contributed by atoms with Crippen molar-refractivity contribution in [1.29, 1.82) is 0 Å². The normalized spacial score (nSPS) is 12.3. The van der Waals surface area contributed by atoms with Crippen molar-refractivity contribution in [3.63, 3.8) is 0 Å². The Morgan fingerprint density at radius 3 is 2.68 bits per heavy atom. The predicted molar refractivity (Wildman–Crippen MR) is 96.9 cm³/mol. The molecule has 3 aromatic rings. The zero-order valence-corrected chi connectivity index (χ0v) is 15.7. The lowest BCUT2D eigenvalue weighted by Crippen LogP contribution is -2.15. The van der Waals surface area contributed by atoms with Crippen molar-refractivity contribution < 1.29 is 4.79 Å². The first-order chi connectivity index (χ1) is 10.5. The number of fused-ring (bicyclic) bond motifs is 1. The zero-order chi connectivity index (χ0) is 15.9. The van der Waals surface area contributed by atoms with Crippen LogP contribution in [0.1, 0.15) is 27.7 Å². The van der Waals surface area contributed by atoms with Gasteiger partial charge in [-0.25, -0.2) is 0 Å². The van der Waals surface area contributed by atoms with Crippen LogP contribution < -0.4 is 4.80 Å². The smallest absolute Gasteiger partial charge is 0.289 e. The van der Waals surface area contributed by atoms with Crippen molar-refractivity contribution in [1.82, 2.24) is 4.57 Å². The van der Waals surface area contributed by atoms with Crippen molar-refractivity contribution in [2.75, 3.05) is 0 Å². The highest BCUT2D eigenvalue weighted by Gasteiger charge is 2.11. The molecule has 0 saturated heterocycles. The lowest BCUT2D eigenvalue weighted by atomic mass is 10.1. The number of halogens is 1. The lowest BCUT2D eigenvalue weighted by molar-refractivity contribution is 0.100. The van der Waals surface area contributed by atoms with E-state index in [9.17, 15) is 4.79 Å². The third kappa shape index (κ3) is 2.83. The minimum Gasteiger partial charge on any atom is -0.317 e. The molecule has 0 aliphatic heterocycles. The Balaban J connectivity index is 2.20. The van der Waals surface area contributed by atoms with Crippen LogP contribution in [0.25, 0.3) is 10.2 Å². The number of carbonyl (C=O) groups excluding carboxylic acids is 1. The molecular formula is C16H15BrN2OS2. The molecule has 6 heteroatoms. The van der Waals surface area contributed by atoms with E-state index in [-0.39, 0.29) is 5.91 Å². The van der Waals surface area contributed by atoms with Gasteiger partial charge in [-0.05, 0) is 66.0 Å². The zero-order valence-electron chi connectivity index (χ0n) is 12.5. The van der Waals surface area contributed by atoms with E-state index < -0.39 is 0 Å². The number of aryl methyl sites for hydroxylation is 3. The molecule has 0 unspecified atom stereocenters. The van der Waals surface area contributed by atoms with E-state index in [1.807, 2.05) is 6.07 Å². The van der Waals surface area contributed by atoms with Gasteiger partial charge in [-0.2, -0.15) is 4.99 Å². The third-order valence-electron chi connectivity index (χ3n) is 3.41. The van der Waals surface area contributed by atoms with Crippen LogP contribution in [-0.4, -0.2) is 10.5 Å². The molecule has 1 amide bonds. The number of nitrogens with zero attached hydrogens (tertiary/aromatic N) is 2. The van der Waals surface area contributed by atoms with E-state index in [1.165, 1.54) is 27.2 Å². The van der Waals surface area contributed by atoms with Crippen LogP contribution in [0.5, 0.6) is 0 Å². The molecule has 0 saturated carbocycles. The Morgan fingerprint density at radius 1 is 1.27 bits per heavy atom. The number of carbonyl (C=O) groups is 1. The van der Waals surface area contributed by atoms with Crippen LogP contribution >= 0.6 is 38.6 Å². The summed E-state index contributed by atoms with van der Waals surface area (Å²) in [5, 5.41) is 0. The molecule has 0 atom stereocenters. The Hall–Kier alpha value is -1.24. The van der Waals surface area contributed by atoms with Crippen LogP contribution in [0.4, 0.5) is 0 Å². The fraction of sp³-hybridized carbons (Fsp3) is 0.250. The van der Waals surface area contributed by atoms with E-state index in [0.29, 0.717) is 4.88 Å². The highest BCUT2D eigenvalue weighted by atomic mass is 79.9. The maximum absolute atomic E-state index is 12.3. The summed E-state index contributed by atoms with van der Waals surface area (Å²) in [5.41, 5.74) is 3.61. The second-order valence-electron chi connectivity index (χ2n) is 5.08. The monoisotopic (exact) mass is 394 g/mol. The summed E-state index contributed by atoms with van der Waals surface area (Å²) in [7, 11) is 0. The second-order valence-corrected chi connectivity index (χ2v) is 8.52. The van der Waals surface area contributed by atoms with Crippen molar-refractivity contribution in [2.45, 2.75) is 27.3 Å². The predicted octanol–water partition coefficient (Wildman–Crippen LogP) is 4.90. The molecule has 2 aromatic heterocycles. The number of thiazole rings is 1. The highest BCUT2D eigenvalue weighted by Crippen LogP contribution is 2.25. The summed E-state index contributed by atoms with van der Waals surface area (Å²) in [6.07, 6.45) is 0. The average molecular weight is 395 g/mol. The van der Waals surface area contributed by atoms with Crippen LogP contribution in [0.15, 0.2) is 33.0 Å². The Morgan fingerprint density at radius 2 is 2.05 bits per heavy atom.